The highest BCUT2D eigenvalue weighted by Crippen LogP contribution is 2.12. The van der Waals surface area contributed by atoms with Crippen molar-refractivity contribution < 1.29 is 9.21 Å². The van der Waals surface area contributed by atoms with E-state index in [1.807, 2.05) is 13.0 Å². The summed E-state index contributed by atoms with van der Waals surface area (Å²) in [5.41, 5.74) is 0.557. The Bertz CT molecular complexity index is 426. The quantitative estimate of drug-likeness (QED) is 0.753. The fourth-order valence-electron chi connectivity index (χ4n) is 1.29. The van der Waals surface area contributed by atoms with Gasteiger partial charge in [-0.05, 0) is 24.3 Å². The Labute approximate surface area is 81.7 Å². The van der Waals surface area contributed by atoms with Gasteiger partial charge < -0.3 is 9.40 Å². The second-order valence-corrected chi connectivity index (χ2v) is 3.03. The van der Waals surface area contributed by atoms with E-state index < -0.39 is 0 Å². The Morgan fingerprint density at radius 1 is 1.43 bits per heavy atom. The van der Waals surface area contributed by atoms with Gasteiger partial charge in [0.1, 0.15) is 5.76 Å². The molecule has 72 valence electrons. The molecule has 2 heterocycles. The van der Waals surface area contributed by atoms with E-state index in [2.05, 4.69) is 4.98 Å². The maximum absolute atomic E-state index is 11.7. The standard InChI is InChI=1S/C11H11NO2/c1-2-8-5-6-10(14-8)11(13)9-4-3-7-12-9/h3-7,12H,2H2,1H3. The third-order valence-corrected chi connectivity index (χ3v) is 2.08. The lowest BCUT2D eigenvalue weighted by Crippen LogP contribution is -1.99. The molecule has 3 heteroatoms. The van der Waals surface area contributed by atoms with E-state index in [0.717, 1.165) is 12.2 Å². The van der Waals surface area contributed by atoms with Crippen molar-refractivity contribution in [2.75, 3.05) is 0 Å². The van der Waals surface area contributed by atoms with Crippen LogP contribution in [0.3, 0.4) is 0 Å². The average molecular weight is 189 g/mol. The maximum atomic E-state index is 11.7. The van der Waals surface area contributed by atoms with Crippen LogP contribution in [0.2, 0.25) is 0 Å². The predicted octanol–water partition coefficient (Wildman–Crippen LogP) is 2.40. The topological polar surface area (TPSA) is 46.0 Å². The van der Waals surface area contributed by atoms with Crippen LogP contribution in [0.15, 0.2) is 34.9 Å². The zero-order chi connectivity index (χ0) is 9.97. The van der Waals surface area contributed by atoms with Gasteiger partial charge in [0.2, 0.25) is 5.78 Å². The van der Waals surface area contributed by atoms with E-state index in [-0.39, 0.29) is 5.78 Å². The highest BCUT2D eigenvalue weighted by atomic mass is 16.3. The number of nitrogens with one attached hydrogen (secondary N) is 1. The van der Waals surface area contributed by atoms with Crippen LogP contribution < -0.4 is 0 Å². The molecule has 0 bridgehead atoms. The molecule has 0 atom stereocenters. The van der Waals surface area contributed by atoms with Gasteiger partial charge in [-0.25, -0.2) is 0 Å². The normalized spacial score (nSPS) is 10.4. The minimum absolute atomic E-state index is 0.102. The summed E-state index contributed by atoms with van der Waals surface area (Å²) in [4.78, 5) is 14.6. The molecule has 0 saturated heterocycles. The lowest BCUT2D eigenvalue weighted by Gasteiger charge is -1.92. The lowest BCUT2D eigenvalue weighted by atomic mass is 10.2. The molecule has 2 rings (SSSR count). The highest BCUT2D eigenvalue weighted by Gasteiger charge is 2.13. The monoisotopic (exact) mass is 189 g/mol. The van der Waals surface area contributed by atoms with Gasteiger partial charge in [-0.1, -0.05) is 6.92 Å². The largest absolute Gasteiger partial charge is 0.458 e. The van der Waals surface area contributed by atoms with Crippen molar-refractivity contribution in [1.29, 1.82) is 0 Å². The first-order valence-corrected chi connectivity index (χ1v) is 4.58. The Kier molecular flexibility index (Phi) is 2.23. The van der Waals surface area contributed by atoms with Gasteiger partial charge in [-0.2, -0.15) is 0 Å². The van der Waals surface area contributed by atoms with Gasteiger partial charge in [0, 0.05) is 12.6 Å². The Hall–Kier alpha value is -1.77. The first kappa shape index (κ1) is 8.81. The molecule has 0 fully saturated rings. The van der Waals surface area contributed by atoms with Crippen LogP contribution in [0.25, 0.3) is 0 Å². The molecule has 1 N–H and O–H groups in total. The molecular weight excluding hydrogens is 178 g/mol. The molecular formula is C11H11NO2. The molecule has 0 aliphatic carbocycles. The van der Waals surface area contributed by atoms with Gasteiger partial charge >= 0.3 is 0 Å². The van der Waals surface area contributed by atoms with Crippen LogP contribution >= 0.6 is 0 Å². The summed E-state index contributed by atoms with van der Waals surface area (Å²) in [5, 5.41) is 0. The van der Waals surface area contributed by atoms with E-state index in [1.165, 1.54) is 0 Å². The fourth-order valence-corrected chi connectivity index (χ4v) is 1.29. The smallest absolute Gasteiger partial charge is 0.244 e. The summed E-state index contributed by atoms with van der Waals surface area (Å²) in [5.74, 6) is 1.12. The van der Waals surface area contributed by atoms with Crippen LogP contribution in [0.1, 0.15) is 28.9 Å². The van der Waals surface area contributed by atoms with E-state index in [0.29, 0.717) is 11.5 Å². The fraction of sp³-hybridized carbons (Fsp3) is 0.182. The summed E-state index contributed by atoms with van der Waals surface area (Å²) in [6.45, 7) is 1.99. The molecule has 2 aromatic rings. The van der Waals surface area contributed by atoms with Crippen molar-refractivity contribution in [1.82, 2.24) is 4.98 Å². The number of hydrogen-bond acceptors (Lipinski definition) is 2. The van der Waals surface area contributed by atoms with Gasteiger partial charge in [0.15, 0.2) is 5.76 Å². The molecule has 3 nitrogen and oxygen atoms in total. The maximum Gasteiger partial charge on any atom is 0.244 e. The SMILES string of the molecule is CCc1ccc(C(=O)c2ccc[nH]2)o1. The average Bonchev–Trinajstić information content (AvgIpc) is 2.88. The highest BCUT2D eigenvalue weighted by molar-refractivity contribution is 6.05. The number of aromatic amines is 1. The summed E-state index contributed by atoms with van der Waals surface area (Å²) in [6, 6.07) is 7.06. The van der Waals surface area contributed by atoms with Crippen LogP contribution in [-0.2, 0) is 6.42 Å². The number of rotatable bonds is 3. The Balaban J connectivity index is 2.28. The van der Waals surface area contributed by atoms with E-state index in [9.17, 15) is 4.79 Å². The van der Waals surface area contributed by atoms with E-state index in [4.69, 9.17) is 4.42 Å². The minimum atomic E-state index is -0.102. The first-order valence-electron chi connectivity index (χ1n) is 4.58. The Morgan fingerprint density at radius 3 is 2.86 bits per heavy atom. The van der Waals surface area contributed by atoms with Crippen molar-refractivity contribution in [3.8, 4) is 0 Å². The summed E-state index contributed by atoms with van der Waals surface area (Å²) in [6.07, 6.45) is 2.52. The molecule has 0 saturated carbocycles. The molecule has 0 spiro atoms. The third kappa shape index (κ3) is 1.48. The number of ketones is 1. The number of H-pyrrole nitrogens is 1. The molecule has 0 amide bonds. The molecule has 0 aromatic carbocycles. The molecule has 0 radical (unpaired) electrons. The first-order chi connectivity index (χ1) is 6.81. The van der Waals surface area contributed by atoms with Gasteiger partial charge in [0.05, 0.1) is 5.69 Å². The van der Waals surface area contributed by atoms with Crippen molar-refractivity contribution in [3.63, 3.8) is 0 Å². The number of carbonyl (C=O) groups is 1. The Morgan fingerprint density at radius 2 is 2.29 bits per heavy atom. The summed E-state index contributed by atoms with van der Waals surface area (Å²) >= 11 is 0. The summed E-state index contributed by atoms with van der Waals surface area (Å²) in [7, 11) is 0. The lowest BCUT2D eigenvalue weighted by molar-refractivity contribution is 0.100. The number of carbonyl (C=O) groups excluding carboxylic acids is 1. The van der Waals surface area contributed by atoms with Gasteiger partial charge in [-0.3, -0.25) is 4.79 Å². The number of aromatic nitrogens is 1. The number of hydrogen-bond donors (Lipinski definition) is 1. The van der Waals surface area contributed by atoms with E-state index >= 15 is 0 Å². The summed E-state index contributed by atoms with van der Waals surface area (Å²) < 4.78 is 5.35. The van der Waals surface area contributed by atoms with Crippen molar-refractivity contribution in [2.24, 2.45) is 0 Å². The van der Waals surface area contributed by atoms with Gasteiger partial charge in [0.25, 0.3) is 0 Å². The zero-order valence-corrected chi connectivity index (χ0v) is 7.91. The molecule has 2 aromatic heterocycles. The van der Waals surface area contributed by atoms with E-state index in [1.54, 1.807) is 24.4 Å². The van der Waals surface area contributed by atoms with Crippen LogP contribution in [0, 0.1) is 0 Å². The zero-order valence-electron chi connectivity index (χ0n) is 7.91. The van der Waals surface area contributed by atoms with Crippen molar-refractivity contribution in [3.05, 3.63) is 47.7 Å². The van der Waals surface area contributed by atoms with Crippen LogP contribution in [-0.4, -0.2) is 10.8 Å². The molecule has 0 aliphatic rings. The second-order valence-electron chi connectivity index (χ2n) is 3.03. The number of furan rings is 1. The molecule has 0 unspecified atom stereocenters. The minimum Gasteiger partial charge on any atom is -0.458 e. The van der Waals surface area contributed by atoms with Gasteiger partial charge in [-0.15, -0.1) is 0 Å². The van der Waals surface area contributed by atoms with Crippen LogP contribution in [0.5, 0.6) is 0 Å². The van der Waals surface area contributed by atoms with Crippen molar-refractivity contribution in [2.45, 2.75) is 13.3 Å². The number of aryl methyl sites for hydroxylation is 1. The predicted molar refractivity (Wildman–Crippen MR) is 52.3 cm³/mol. The molecule has 0 aliphatic heterocycles. The van der Waals surface area contributed by atoms with Crippen molar-refractivity contribution >= 4 is 5.78 Å². The molecule has 14 heavy (non-hydrogen) atoms. The van der Waals surface area contributed by atoms with Crippen LogP contribution in [0.4, 0.5) is 0 Å². The third-order valence-electron chi connectivity index (χ3n) is 2.08. The second kappa shape index (κ2) is 3.54.